The maximum Gasteiger partial charge on any atom is 0.303 e. The van der Waals surface area contributed by atoms with Gasteiger partial charge in [-0.1, -0.05) is 24.0 Å². The highest BCUT2D eigenvalue weighted by molar-refractivity contribution is 9.10. The van der Waals surface area contributed by atoms with Crippen molar-refractivity contribution in [3.8, 4) is 0 Å². The zero-order valence-electron chi connectivity index (χ0n) is 17.2. The number of unbranched alkanes of at least 4 members (excludes halogenated alkanes) is 1. The Kier molecular flexibility index (Phi) is 10.9. The van der Waals surface area contributed by atoms with Crippen molar-refractivity contribution in [2.75, 3.05) is 0 Å². The van der Waals surface area contributed by atoms with E-state index in [1.54, 1.807) is 11.3 Å². The van der Waals surface area contributed by atoms with E-state index in [9.17, 15) is 14.7 Å². The molecule has 30 heavy (non-hydrogen) atoms. The minimum atomic E-state index is -0.787. The number of aliphatic hydroxyl groups excluding tert-OH is 1. The average molecular weight is 511 g/mol. The highest BCUT2D eigenvalue weighted by Crippen LogP contribution is 2.41. The molecule has 162 valence electrons. The zero-order valence-corrected chi connectivity index (χ0v) is 20.4. The molecule has 1 fully saturated rings. The first-order valence-corrected chi connectivity index (χ1v) is 12.7. The second-order valence-electron chi connectivity index (χ2n) is 7.51. The number of rotatable bonds is 12. The largest absolute Gasteiger partial charge is 0.481 e. The molecule has 1 aliphatic rings. The molecule has 1 aliphatic carbocycles. The fraction of sp³-hybridized carbons (Fsp3) is 0.545. The minimum absolute atomic E-state index is 0.0987. The molecule has 0 spiro atoms. The second kappa shape index (κ2) is 12.9. The summed E-state index contributed by atoms with van der Waals surface area (Å²) in [4.78, 5) is 25.4. The number of aliphatic carboxylic acids is 1. The Morgan fingerprint density at radius 3 is 2.80 bits per heavy atom. The van der Waals surface area contributed by atoms with Crippen molar-refractivity contribution < 1.29 is 19.8 Å². The summed E-state index contributed by atoms with van der Waals surface area (Å²) < 4.78 is 1.10. The van der Waals surface area contributed by atoms with E-state index in [0.29, 0.717) is 38.4 Å². The fourth-order valence-electron chi connectivity index (χ4n) is 3.51. The third kappa shape index (κ3) is 8.02. The van der Waals surface area contributed by atoms with Crippen LogP contribution in [0.25, 0.3) is 0 Å². The van der Waals surface area contributed by atoms with Gasteiger partial charge in [0.05, 0.1) is 19.2 Å². The Labute approximate surface area is 196 Å². The lowest BCUT2D eigenvalue weighted by Crippen LogP contribution is -2.16. The lowest BCUT2D eigenvalue weighted by Gasteiger charge is -2.15. The van der Waals surface area contributed by atoms with Crippen LogP contribution in [-0.4, -0.2) is 41.2 Å². The van der Waals surface area contributed by atoms with Gasteiger partial charge in [0.2, 0.25) is 0 Å². The summed E-state index contributed by atoms with van der Waals surface area (Å²) in [6, 6.07) is 2.08. The number of halogens is 1. The van der Waals surface area contributed by atoms with E-state index in [1.165, 1.54) is 21.5 Å². The molecule has 1 aromatic heterocycles. The molecular weight excluding hydrogens is 483 g/mol. The van der Waals surface area contributed by atoms with Crippen molar-refractivity contribution in [3.63, 3.8) is 0 Å². The van der Waals surface area contributed by atoms with Gasteiger partial charge in [0.25, 0.3) is 0 Å². The van der Waals surface area contributed by atoms with Gasteiger partial charge in [0, 0.05) is 33.5 Å². The third-order valence-corrected chi connectivity index (χ3v) is 8.59. The Balaban J connectivity index is 1.89. The minimum Gasteiger partial charge on any atom is -0.481 e. The van der Waals surface area contributed by atoms with Crippen LogP contribution in [0.2, 0.25) is 6.32 Å². The second-order valence-corrected chi connectivity index (χ2v) is 10.8. The Morgan fingerprint density at radius 2 is 2.17 bits per heavy atom. The van der Waals surface area contributed by atoms with Crippen LogP contribution in [-0.2, 0) is 16.0 Å². The molecule has 1 saturated carbocycles. The van der Waals surface area contributed by atoms with Crippen LogP contribution < -0.4 is 0 Å². The summed E-state index contributed by atoms with van der Waals surface area (Å²) in [5, 5.41) is 21.0. The van der Waals surface area contributed by atoms with Crippen molar-refractivity contribution in [2.24, 2.45) is 5.92 Å². The Hall–Kier alpha value is -0.825. The number of carbonyl (C=O) groups excluding carboxylic acids is 1. The first-order valence-electron chi connectivity index (χ1n) is 10.2. The van der Waals surface area contributed by atoms with E-state index in [4.69, 9.17) is 13.0 Å². The highest BCUT2D eigenvalue weighted by Gasteiger charge is 2.36. The van der Waals surface area contributed by atoms with Gasteiger partial charge in [0.1, 0.15) is 5.78 Å². The highest BCUT2D eigenvalue weighted by atomic mass is 79.9. The van der Waals surface area contributed by atoms with Gasteiger partial charge in [-0.3, -0.25) is 9.59 Å². The molecule has 0 amide bonds. The predicted molar refractivity (Wildman–Crippen MR) is 129 cm³/mol. The number of hydrogen-bond acceptors (Lipinski definition) is 5. The molecule has 1 aromatic rings. The first kappa shape index (κ1) is 25.4. The van der Waals surface area contributed by atoms with Gasteiger partial charge in [-0.05, 0) is 65.9 Å². The third-order valence-electron chi connectivity index (χ3n) is 5.17. The van der Waals surface area contributed by atoms with Crippen LogP contribution in [0.3, 0.4) is 0 Å². The predicted octanol–water partition coefficient (Wildman–Crippen LogP) is 5.48. The van der Waals surface area contributed by atoms with Crippen LogP contribution >= 0.6 is 39.0 Å². The van der Waals surface area contributed by atoms with E-state index in [1.807, 2.05) is 17.6 Å². The number of hydrogen-bond donors (Lipinski definition) is 2. The molecule has 1 unspecified atom stereocenters. The molecule has 8 heteroatoms. The Morgan fingerprint density at radius 1 is 1.40 bits per heavy atom. The monoisotopic (exact) mass is 510 g/mol. The molecule has 2 radical (unpaired) electrons. The van der Waals surface area contributed by atoms with Crippen LogP contribution in [0.5, 0.6) is 0 Å². The van der Waals surface area contributed by atoms with E-state index in [2.05, 4.69) is 28.9 Å². The topological polar surface area (TPSA) is 74.6 Å². The van der Waals surface area contributed by atoms with Crippen molar-refractivity contribution >= 4 is 58.6 Å². The number of carboxylic acids is 1. The standard InChI is InChI=1S/C22H28BBrO4S2/c1-14-19(24)12-17(30-14)8-6-16(25)7-9-18-15(13-23)11-20(26)22(18)29-10-4-2-3-5-21(27)28/h4,9-10,12,15,20,22,26H,2-3,5-8,11,13H2,1H3,(H,27,28)/t15-,20?,22+/m0/s1. The summed E-state index contributed by atoms with van der Waals surface area (Å²) in [5.41, 5.74) is 1.06. The zero-order chi connectivity index (χ0) is 22.1. The van der Waals surface area contributed by atoms with Crippen LogP contribution in [0.4, 0.5) is 0 Å². The molecular formula is C22H28BBrO4S2. The summed E-state index contributed by atoms with van der Waals surface area (Å²) in [5.74, 6) is -0.499. The van der Waals surface area contributed by atoms with Gasteiger partial charge in [0.15, 0.2) is 0 Å². The van der Waals surface area contributed by atoms with E-state index >= 15 is 0 Å². The van der Waals surface area contributed by atoms with Crippen LogP contribution in [0.1, 0.15) is 48.3 Å². The summed E-state index contributed by atoms with van der Waals surface area (Å²) in [6.07, 6.45) is 7.58. The number of thioether (sulfide) groups is 1. The molecule has 1 heterocycles. The van der Waals surface area contributed by atoms with E-state index in [-0.39, 0.29) is 23.4 Å². The van der Waals surface area contributed by atoms with Crippen molar-refractivity contribution in [3.05, 3.63) is 43.4 Å². The maximum absolute atomic E-state index is 12.4. The van der Waals surface area contributed by atoms with Crippen LogP contribution in [0, 0.1) is 12.8 Å². The number of aryl methyl sites for hydroxylation is 2. The maximum atomic E-state index is 12.4. The number of allylic oxidation sites excluding steroid dienone is 2. The average Bonchev–Trinajstić information content (AvgIpc) is 3.19. The van der Waals surface area contributed by atoms with Gasteiger partial charge in [-0.2, -0.15) is 0 Å². The molecule has 2 N–H and O–H groups in total. The lowest BCUT2D eigenvalue weighted by molar-refractivity contribution is -0.137. The van der Waals surface area contributed by atoms with Gasteiger partial charge >= 0.3 is 5.97 Å². The number of Topliss-reactive ketones (excluding diaryl/α,β-unsaturated/α-hetero) is 1. The van der Waals surface area contributed by atoms with Crippen molar-refractivity contribution in [2.45, 2.75) is 69.5 Å². The number of aliphatic hydroxyl groups is 1. The molecule has 0 saturated heterocycles. The van der Waals surface area contributed by atoms with Gasteiger partial charge < -0.3 is 10.2 Å². The smallest absolute Gasteiger partial charge is 0.303 e. The van der Waals surface area contributed by atoms with Gasteiger partial charge in [-0.25, -0.2) is 0 Å². The number of thiophene rings is 1. The molecule has 4 nitrogen and oxygen atoms in total. The SMILES string of the molecule is [B]C[C@@H]1CC(O)[C@H](SC=CCCCC(=O)O)C1=CCC(=O)CCc1cc(Br)c(C)s1. The molecule has 0 aromatic carbocycles. The molecule has 2 rings (SSSR count). The molecule has 0 aliphatic heterocycles. The summed E-state index contributed by atoms with van der Waals surface area (Å²) in [6.45, 7) is 2.06. The quantitative estimate of drug-likeness (QED) is 0.221. The fourth-order valence-corrected chi connectivity index (χ4v) is 6.26. The normalized spacial score (nSPS) is 22.9. The van der Waals surface area contributed by atoms with Crippen LogP contribution in [0.15, 0.2) is 33.7 Å². The van der Waals surface area contributed by atoms with Gasteiger partial charge in [-0.15, -0.1) is 23.1 Å². The number of ketones is 1. The number of carbonyl (C=O) groups is 2. The first-order chi connectivity index (χ1) is 14.3. The summed E-state index contributed by atoms with van der Waals surface area (Å²) in [7, 11) is 5.91. The Bertz CT molecular complexity index is 771. The lowest BCUT2D eigenvalue weighted by atomic mass is 9.86. The van der Waals surface area contributed by atoms with Crippen molar-refractivity contribution in [1.82, 2.24) is 0 Å². The number of carboxylic acid groups (broad SMARTS) is 1. The van der Waals surface area contributed by atoms with E-state index < -0.39 is 12.1 Å². The molecule has 0 bridgehead atoms. The van der Waals surface area contributed by atoms with Crippen molar-refractivity contribution in [1.29, 1.82) is 0 Å². The molecule has 3 atom stereocenters. The summed E-state index contributed by atoms with van der Waals surface area (Å²) >= 11 is 6.75. The van der Waals surface area contributed by atoms with E-state index in [0.717, 1.165) is 16.5 Å².